The molecule has 2 bridgehead atoms. The van der Waals surface area contributed by atoms with E-state index in [2.05, 4.69) is 10.0 Å². The summed E-state index contributed by atoms with van der Waals surface area (Å²) in [6, 6.07) is 5.35. The van der Waals surface area contributed by atoms with Gasteiger partial charge in [0.1, 0.15) is 0 Å². The van der Waals surface area contributed by atoms with Gasteiger partial charge < -0.3 is 5.32 Å². The largest absolute Gasteiger partial charge is 0.349 e. The highest BCUT2D eigenvalue weighted by Gasteiger charge is 2.40. The number of anilines is 1. The van der Waals surface area contributed by atoms with Gasteiger partial charge in [-0.25, -0.2) is 8.42 Å². The minimum Gasteiger partial charge on any atom is -0.349 e. The van der Waals surface area contributed by atoms with Crippen LogP contribution in [0.15, 0.2) is 18.2 Å². The van der Waals surface area contributed by atoms with E-state index in [4.69, 9.17) is 0 Å². The van der Waals surface area contributed by atoms with Crippen LogP contribution < -0.4 is 10.0 Å². The maximum atomic E-state index is 12.4. The van der Waals surface area contributed by atoms with E-state index < -0.39 is 10.0 Å². The van der Waals surface area contributed by atoms with Crippen molar-refractivity contribution in [2.75, 3.05) is 11.0 Å². The molecule has 2 aliphatic rings. The van der Waals surface area contributed by atoms with Crippen molar-refractivity contribution in [2.24, 2.45) is 11.8 Å². The average Bonchev–Trinajstić information content (AvgIpc) is 3.02. The molecule has 2 aliphatic carbocycles. The van der Waals surface area contributed by atoms with Gasteiger partial charge in [-0.3, -0.25) is 9.52 Å². The summed E-state index contributed by atoms with van der Waals surface area (Å²) in [6.45, 7) is 1.79. The van der Waals surface area contributed by atoms with Crippen LogP contribution in [0.3, 0.4) is 0 Å². The molecule has 2 saturated carbocycles. The van der Waals surface area contributed by atoms with Gasteiger partial charge >= 0.3 is 0 Å². The first-order valence-electron chi connectivity index (χ1n) is 7.71. The van der Waals surface area contributed by atoms with Gasteiger partial charge in [0.05, 0.1) is 11.9 Å². The first kappa shape index (κ1) is 15.3. The van der Waals surface area contributed by atoms with Crippen LogP contribution in [0, 0.1) is 18.8 Å². The van der Waals surface area contributed by atoms with Crippen molar-refractivity contribution < 1.29 is 13.2 Å². The van der Waals surface area contributed by atoms with Crippen molar-refractivity contribution in [3.63, 3.8) is 0 Å². The number of aryl methyl sites for hydroxylation is 1. The predicted molar refractivity (Wildman–Crippen MR) is 86.3 cm³/mol. The average molecular weight is 322 g/mol. The first-order chi connectivity index (χ1) is 10.3. The van der Waals surface area contributed by atoms with E-state index in [0.29, 0.717) is 23.2 Å². The monoisotopic (exact) mass is 322 g/mol. The SMILES string of the molecule is Cc1cc(C(=O)N[C@@H]2C[C@H]3CC[C@@H]2C3)ccc1NS(C)(=O)=O. The number of hydrogen-bond donors (Lipinski definition) is 2. The highest BCUT2D eigenvalue weighted by atomic mass is 32.2. The van der Waals surface area contributed by atoms with Crippen molar-refractivity contribution in [3.05, 3.63) is 29.3 Å². The summed E-state index contributed by atoms with van der Waals surface area (Å²) in [5.41, 5.74) is 1.84. The van der Waals surface area contributed by atoms with Gasteiger partial charge in [-0.05, 0) is 61.8 Å². The molecule has 1 aromatic carbocycles. The van der Waals surface area contributed by atoms with E-state index >= 15 is 0 Å². The number of fused-ring (bicyclic) bond motifs is 2. The van der Waals surface area contributed by atoms with Gasteiger partial charge in [-0.2, -0.15) is 0 Å². The molecule has 2 fully saturated rings. The van der Waals surface area contributed by atoms with E-state index in [0.717, 1.165) is 24.2 Å². The van der Waals surface area contributed by atoms with Gasteiger partial charge in [0.15, 0.2) is 0 Å². The summed E-state index contributed by atoms with van der Waals surface area (Å²) in [4.78, 5) is 12.4. The van der Waals surface area contributed by atoms with Gasteiger partial charge in [0.25, 0.3) is 5.91 Å². The number of sulfonamides is 1. The number of hydrogen-bond acceptors (Lipinski definition) is 3. The van der Waals surface area contributed by atoms with Crippen LogP contribution in [0.1, 0.15) is 41.6 Å². The minimum absolute atomic E-state index is 0.0634. The Labute approximate surface area is 131 Å². The van der Waals surface area contributed by atoms with Crippen LogP contribution in [0.2, 0.25) is 0 Å². The standard InChI is InChI=1S/C16H22N2O3S/c1-10-7-13(5-6-14(10)18-22(2,20)21)16(19)17-15-9-11-3-4-12(15)8-11/h5-7,11-12,15,18H,3-4,8-9H2,1-2H3,(H,17,19)/t11-,12+,15+/m0/s1. The molecule has 0 saturated heterocycles. The minimum atomic E-state index is -3.31. The van der Waals surface area contributed by atoms with Crippen LogP contribution in [0.4, 0.5) is 5.69 Å². The number of nitrogens with one attached hydrogen (secondary N) is 2. The number of benzene rings is 1. The summed E-state index contributed by atoms with van der Waals surface area (Å²) in [5, 5.41) is 3.14. The Hall–Kier alpha value is -1.56. The highest BCUT2D eigenvalue weighted by molar-refractivity contribution is 7.92. The molecule has 0 radical (unpaired) electrons. The van der Waals surface area contributed by atoms with Gasteiger partial charge in [-0.1, -0.05) is 6.42 Å². The summed E-state index contributed by atoms with van der Waals surface area (Å²) < 4.78 is 25.0. The van der Waals surface area contributed by atoms with Crippen LogP contribution in [-0.4, -0.2) is 26.6 Å². The van der Waals surface area contributed by atoms with Crippen molar-refractivity contribution in [3.8, 4) is 0 Å². The van der Waals surface area contributed by atoms with E-state index in [9.17, 15) is 13.2 Å². The fourth-order valence-electron chi connectivity index (χ4n) is 3.79. The zero-order chi connectivity index (χ0) is 15.9. The molecule has 5 nitrogen and oxygen atoms in total. The summed E-state index contributed by atoms with van der Waals surface area (Å²) >= 11 is 0. The van der Waals surface area contributed by atoms with Gasteiger partial charge in [-0.15, -0.1) is 0 Å². The highest BCUT2D eigenvalue weighted by Crippen LogP contribution is 2.44. The van der Waals surface area contributed by atoms with Crippen LogP contribution in [-0.2, 0) is 10.0 Å². The topological polar surface area (TPSA) is 75.3 Å². The Morgan fingerprint density at radius 3 is 2.55 bits per heavy atom. The lowest BCUT2D eigenvalue weighted by Crippen LogP contribution is -2.38. The summed E-state index contributed by atoms with van der Waals surface area (Å²) in [7, 11) is -3.31. The Bertz CT molecular complexity index is 699. The van der Waals surface area contributed by atoms with Gasteiger partial charge in [0.2, 0.25) is 10.0 Å². The second kappa shape index (κ2) is 5.57. The molecule has 1 amide bonds. The molecule has 0 aromatic heterocycles. The van der Waals surface area contributed by atoms with Crippen LogP contribution in [0.5, 0.6) is 0 Å². The van der Waals surface area contributed by atoms with E-state index in [1.54, 1.807) is 25.1 Å². The third kappa shape index (κ3) is 3.27. The molecule has 120 valence electrons. The molecule has 22 heavy (non-hydrogen) atoms. The fraction of sp³-hybridized carbons (Fsp3) is 0.562. The normalized spacial score (nSPS) is 26.9. The second-order valence-corrected chi connectivity index (χ2v) is 8.41. The molecule has 6 heteroatoms. The molecule has 2 N–H and O–H groups in total. The maximum Gasteiger partial charge on any atom is 0.251 e. The Morgan fingerprint density at radius 1 is 1.23 bits per heavy atom. The number of carbonyl (C=O) groups is 1. The summed E-state index contributed by atoms with van der Waals surface area (Å²) in [5.74, 6) is 1.37. The van der Waals surface area contributed by atoms with Crippen LogP contribution >= 0.6 is 0 Å². The quantitative estimate of drug-likeness (QED) is 0.893. The maximum absolute atomic E-state index is 12.4. The third-order valence-electron chi connectivity index (χ3n) is 4.84. The molecule has 0 spiro atoms. The lowest BCUT2D eigenvalue weighted by atomic mass is 9.95. The van der Waals surface area contributed by atoms with Crippen molar-refractivity contribution in [1.29, 1.82) is 0 Å². The fourth-order valence-corrected chi connectivity index (χ4v) is 4.42. The summed E-state index contributed by atoms with van der Waals surface area (Å²) in [6.07, 6.45) is 6.00. The molecule has 0 unspecified atom stereocenters. The Morgan fingerprint density at radius 2 is 2.00 bits per heavy atom. The molecular formula is C16H22N2O3S. The third-order valence-corrected chi connectivity index (χ3v) is 5.43. The van der Waals surface area contributed by atoms with Crippen molar-refractivity contribution in [1.82, 2.24) is 5.32 Å². The lowest BCUT2D eigenvalue weighted by molar-refractivity contribution is 0.0923. The van der Waals surface area contributed by atoms with Crippen molar-refractivity contribution in [2.45, 2.75) is 38.6 Å². The predicted octanol–water partition coefficient (Wildman–Crippen LogP) is 2.28. The molecule has 1 aromatic rings. The zero-order valence-electron chi connectivity index (χ0n) is 12.9. The van der Waals surface area contributed by atoms with Crippen molar-refractivity contribution >= 4 is 21.6 Å². The Kier molecular flexibility index (Phi) is 3.89. The van der Waals surface area contributed by atoms with E-state index in [1.165, 1.54) is 19.3 Å². The Balaban J connectivity index is 1.69. The van der Waals surface area contributed by atoms with E-state index in [-0.39, 0.29) is 5.91 Å². The number of rotatable bonds is 4. The number of amides is 1. The van der Waals surface area contributed by atoms with E-state index in [1.807, 2.05) is 0 Å². The molecule has 0 heterocycles. The second-order valence-electron chi connectivity index (χ2n) is 6.66. The van der Waals surface area contributed by atoms with Crippen LogP contribution in [0.25, 0.3) is 0 Å². The van der Waals surface area contributed by atoms with Gasteiger partial charge in [0, 0.05) is 11.6 Å². The smallest absolute Gasteiger partial charge is 0.251 e. The lowest BCUT2D eigenvalue weighted by Gasteiger charge is -2.23. The molecule has 3 atom stereocenters. The molecule has 0 aliphatic heterocycles. The first-order valence-corrected chi connectivity index (χ1v) is 9.60. The molecule has 3 rings (SSSR count). The zero-order valence-corrected chi connectivity index (χ0v) is 13.7. The number of carbonyl (C=O) groups excluding carboxylic acids is 1. The molecular weight excluding hydrogens is 300 g/mol.